The van der Waals surface area contributed by atoms with E-state index in [1.807, 2.05) is 0 Å². The Hall–Kier alpha value is -2.15. The van der Waals surface area contributed by atoms with Crippen molar-refractivity contribution in [3.63, 3.8) is 0 Å². The lowest BCUT2D eigenvalue weighted by molar-refractivity contribution is -0.141. The molecule has 0 spiro atoms. The molecule has 0 aliphatic rings. The van der Waals surface area contributed by atoms with Gasteiger partial charge < -0.3 is 11.1 Å². The maximum Gasteiger partial charge on any atom is 0.433 e. The average Bonchev–Trinajstić information content (AvgIpc) is 2.45. The molecule has 0 aromatic carbocycles. The third-order valence-electron chi connectivity index (χ3n) is 2.65. The molecule has 0 amide bonds. The summed E-state index contributed by atoms with van der Waals surface area (Å²) in [5.74, 6) is 0.132. The van der Waals surface area contributed by atoms with E-state index in [0.717, 1.165) is 6.07 Å². The summed E-state index contributed by atoms with van der Waals surface area (Å²) in [4.78, 5) is 7.66. The summed E-state index contributed by atoms with van der Waals surface area (Å²) in [6.07, 6.45) is -2.87. The van der Waals surface area contributed by atoms with E-state index in [9.17, 15) is 13.2 Å². The summed E-state index contributed by atoms with van der Waals surface area (Å²) in [6.45, 7) is 0.387. The number of hydrogen-bond donors (Lipinski definition) is 2. The van der Waals surface area contributed by atoms with Gasteiger partial charge in [0.25, 0.3) is 0 Å². The van der Waals surface area contributed by atoms with Crippen molar-refractivity contribution >= 4 is 5.82 Å². The maximum atomic E-state index is 12.6. The van der Waals surface area contributed by atoms with Crippen LogP contribution in [0, 0.1) is 0 Å². The molecule has 2 heterocycles. The largest absolute Gasteiger partial charge is 0.433 e. The molecule has 0 unspecified atom stereocenters. The van der Waals surface area contributed by atoms with Crippen LogP contribution in [-0.4, -0.2) is 9.97 Å². The number of hydrogen-bond acceptors (Lipinski definition) is 4. The summed E-state index contributed by atoms with van der Waals surface area (Å²) in [6, 6.07) is 7.58. The molecule has 0 aliphatic heterocycles. The van der Waals surface area contributed by atoms with Gasteiger partial charge in [0.2, 0.25) is 0 Å². The fourth-order valence-corrected chi connectivity index (χ4v) is 1.64. The lowest BCUT2D eigenvalue weighted by Gasteiger charge is -2.13. The van der Waals surface area contributed by atoms with E-state index in [0.29, 0.717) is 11.3 Å². The Bertz CT molecular complexity index is 570. The predicted molar refractivity (Wildman–Crippen MR) is 68.7 cm³/mol. The second-order valence-corrected chi connectivity index (χ2v) is 4.08. The van der Waals surface area contributed by atoms with Crippen molar-refractivity contribution in [2.75, 3.05) is 5.32 Å². The minimum Gasteiger partial charge on any atom is -0.364 e. The SMILES string of the molecule is NCc1ccc(C(F)(F)F)nc1NCc1ccccn1. The van der Waals surface area contributed by atoms with Crippen molar-refractivity contribution in [3.05, 3.63) is 53.5 Å². The molecule has 4 nitrogen and oxygen atoms in total. The van der Waals surface area contributed by atoms with Crippen LogP contribution in [-0.2, 0) is 19.3 Å². The van der Waals surface area contributed by atoms with Crippen molar-refractivity contribution in [2.24, 2.45) is 5.73 Å². The standard InChI is InChI=1S/C13H13F3N4/c14-13(15,16)11-5-4-9(7-17)12(20-11)19-8-10-3-1-2-6-18-10/h1-6H,7-8,17H2,(H,19,20). The molecular formula is C13H13F3N4. The van der Waals surface area contributed by atoms with Crippen LogP contribution < -0.4 is 11.1 Å². The summed E-state index contributed by atoms with van der Waals surface area (Å²) >= 11 is 0. The minimum absolute atomic E-state index is 0.107. The molecule has 0 aliphatic carbocycles. The van der Waals surface area contributed by atoms with Crippen molar-refractivity contribution < 1.29 is 13.2 Å². The second-order valence-electron chi connectivity index (χ2n) is 4.08. The Morgan fingerprint density at radius 3 is 2.55 bits per heavy atom. The van der Waals surface area contributed by atoms with E-state index in [4.69, 9.17) is 5.73 Å². The molecule has 20 heavy (non-hydrogen) atoms. The molecule has 0 saturated carbocycles. The maximum absolute atomic E-state index is 12.6. The molecule has 2 aromatic heterocycles. The molecular weight excluding hydrogens is 269 g/mol. The Kier molecular flexibility index (Phi) is 4.19. The van der Waals surface area contributed by atoms with Gasteiger partial charge in [-0.2, -0.15) is 13.2 Å². The first-order valence-electron chi connectivity index (χ1n) is 5.91. The number of nitrogens with one attached hydrogen (secondary N) is 1. The molecule has 2 rings (SSSR count). The van der Waals surface area contributed by atoms with Gasteiger partial charge in [-0.3, -0.25) is 4.98 Å². The zero-order valence-corrected chi connectivity index (χ0v) is 10.5. The van der Waals surface area contributed by atoms with Gasteiger partial charge >= 0.3 is 6.18 Å². The van der Waals surface area contributed by atoms with Crippen LogP contribution in [0.3, 0.4) is 0 Å². The quantitative estimate of drug-likeness (QED) is 0.904. The van der Waals surface area contributed by atoms with Crippen LogP contribution in [0.2, 0.25) is 0 Å². The number of nitrogens with two attached hydrogens (primary N) is 1. The van der Waals surface area contributed by atoms with E-state index in [1.54, 1.807) is 24.4 Å². The van der Waals surface area contributed by atoms with Gasteiger partial charge in [-0.15, -0.1) is 0 Å². The third-order valence-corrected chi connectivity index (χ3v) is 2.65. The van der Waals surface area contributed by atoms with Crippen LogP contribution in [0.15, 0.2) is 36.5 Å². The monoisotopic (exact) mass is 282 g/mol. The first-order chi connectivity index (χ1) is 9.50. The van der Waals surface area contributed by atoms with Gasteiger partial charge in [0.15, 0.2) is 0 Å². The average molecular weight is 282 g/mol. The Balaban J connectivity index is 2.21. The van der Waals surface area contributed by atoms with Gasteiger partial charge in [0, 0.05) is 18.3 Å². The van der Waals surface area contributed by atoms with Gasteiger partial charge in [-0.25, -0.2) is 4.98 Å². The van der Waals surface area contributed by atoms with E-state index in [-0.39, 0.29) is 18.9 Å². The third kappa shape index (κ3) is 3.45. The summed E-state index contributed by atoms with van der Waals surface area (Å²) in [5, 5.41) is 2.84. The van der Waals surface area contributed by atoms with Gasteiger partial charge in [-0.05, 0) is 18.2 Å². The molecule has 7 heteroatoms. The Morgan fingerprint density at radius 1 is 1.15 bits per heavy atom. The van der Waals surface area contributed by atoms with Crippen LogP contribution in [0.25, 0.3) is 0 Å². The molecule has 0 fully saturated rings. The number of pyridine rings is 2. The van der Waals surface area contributed by atoms with E-state index in [2.05, 4.69) is 15.3 Å². The fourth-order valence-electron chi connectivity index (χ4n) is 1.64. The van der Waals surface area contributed by atoms with E-state index >= 15 is 0 Å². The highest BCUT2D eigenvalue weighted by Gasteiger charge is 2.32. The highest BCUT2D eigenvalue weighted by atomic mass is 19.4. The molecule has 2 aromatic rings. The van der Waals surface area contributed by atoms with Gasteiger partial charge in [0.05, 0.1) is 12.2 Å². The van der Waals surface area contributed by atoms with E-state index in [1.165, 1.54) is 6.07 Å². The van der Waals surface area contributed by atoms with Crippen LogP contribution in [0.4, 0.5) is 19.0 Å². The number of rotatable bonds is 4. The fraction of sp³-hybridized carbons (Fsp3) is 0.231. The van der Waals surface area contributed by atoms with Crippen molar-refractivity contribution in [3.8, 4) is 0 Å². The van der Waals surface area contributed by atoms with Crippen molar-refractivity contribution in [2.45, 2.75) is 19.3 Å². The van der Waals surface area contributed by atoms with Crippen LogP contribution in [0.1, 0.15) is 17.0 Å². The molecule has 3 N–H and O–H groups in total. The van der Waals surface area contributed by atoms with Crippen molar-refractivity contribution in [1.82, 2.24) is 9.97 Å². The highest BCUT2D eigenvalue weighted by Crippen LogP contribution is 2.29. The predicted octanol–water partition coefficient (Wildman–Crippen LogP) is 2.57. The highest BCUT2D eigenvalue weighted by molar-refractivity contribution is 5.45. The zero-order chi connectivity index (χ0) is 14.6. The first kappa shape index (κ1) is 14.3. The Labute approximate surface area is 113 Å². The number of nitrogens with zero attached hydrogens (tertiary/aromatic N) is 2. The molecule has 0 atom stereocenters. The lowest BCUT2D eigenvalue weighted by atomic mass is 10.2. The van der Waals surface area contributed by atoms with Crippen LogP contribution in [0.5, 0.6) is 0 Å². The zero-order valence-electron chi connectivity index (χ0n) is 10.5. The summed E-state index contributed by atoms with van der Waals surface area (Å²) < 4.78 is 37.9. The first-order valence-corrected chi connectivity index (χ1v) is 5.91. The minimum atomic E-state index is -4.48. The van der Waals surface area contributed by atoms with Crippen molar-refractivity contribution in [1.29, 1.82) is 0 Å². The summed E-state index contributed by atoms with van der Waals surface area (Å²) in [5.41, 5.74) is 5.78. The van der Waals surface area contributed by atoms with E-state index < -0.39 is 11.9 Å². The number of alkyl halides is 3. The lowest BCUT2D eigenvalue weighted by Crippen LogP contribution is -2.13. The molecule has 0 radical (unpaired) electrons. The second kappa shape index (κ2) is 5.87. The smallest absolute Gasteiger partial charge is 0.364 e. The molecule has 0 bridgehead atoms. The molecule has 106 valence electrons. The van der Waals surface area contributed by atoms with Gasteiger partial charge in [0.1, 0.15) is 11.5 Å². The Morgan fingerprint density at radius 2 is 1.95 bits per heavy atom. The molecule has 0 saturated heterocycles. The van der Waals surface area contributed by atoms with Gasteiger partial charge in [-0.1, -0.05) is 12.1 Å². The normalized spacial score (nSPS) is 11.4. The topological polar surface area (TPSA) is 63.8 Å². The number of aromatic nitrogens is 2. The van der Waals surface area contributed by atoms with Crippen LogP contribution >= 0.6 is 0 Å². The number of anilines is 1. The summed E-state index contributed by atoms with van der Waals surface area (Å²) in [7, 11) is 0. The number of halogens is 3.